The quantitative estimate of drug-likeness (QED) is 0.748. The fourth-order valence-electron chi connectivity index (χ4n) is 2.51. The van der Waals surface area contributed by atoms with Crippen LogP contribution < -0.4 is 11.5 Å². The van der Waals surface area contributed by atoms with Gasteiger partial charge in [0.25, 0.3) is 0 Å². The van der Waals surface area contributed by atoms with Crippen molar-refractivity contribution in [2.75, 3.05) is 5.73 Å². The number of hydrogen-bond acceptors (Lipinski definition) is 6. The van der Waals surface area contributed by atoms with Crippen molar-refractivity contribution in [3.8, 4) is 0 Å². The molecule has 4 rings (SSSR count). The molecule has 1 aliphatic rings. The smallest absolute Gasteiger partial charge is 0.223 e. The summed E-state index contributed by atoms with van der Waals surface area (Å²) in [5.74, 6) is 1.07. The first kappa shape index (κ1) is 16.3. The molecule has 0 atom stereocenters. The standard InChI is InChI=1S/C12H18N2.C5H5N5/c1-12(2,13)10-6-7-11(14-8-10)9-4-3-5-9;6-5-7-2-1-4-8-3-9-10(4)5/h6-9H,3-5,13H2,1-2H3;1-3H,(H2,6,7). The van der Waals surface area contributed by atoms with Crippen LogP contribution in [0.1, 0.15) is 50.3 Å². The normalized spacial score (nSPS) is 14.8. The van der Waals surface area contributed by atoms with E-state index in [-0.39, 0.29) is 5.54 Å². The molecule has 1 fully saturated rings. The number of pyridine rings is 1. The second kappa shape index (κ2) is 6.52. The molecule has 1 aliphatic carbocycles. The highest BCUT2D eigenvalue weighted by atomic mass is 15.3. The fraction of sp³-hybridized carbons (Fsp3) is 0.412. The molecule has 126 valence electrons. The predicted molar refractivity (Wildman–Crippen MR) is 93.2 cm³/mol. The molecule has 3 aromatic heterocycles. The zero-order valence-electron chi connectivity index (χ0n) is 14.1. The maximum atomic E-state index is 5.99. The Morgan fingerprint density at radius 1 is 1.12 bits per heavy atom. The van der Waals surface area contributed by atoms with Gasteiger partial charge in [-0.3, -0.25) is 4.98 Å². The predicted octanol–water partition coefficient (Wildman–Crippen LogP) is 2.25. The first-order valence-corrected chi connectivity index (χ1v) is 8.10. The summed E-state index contributed by atoms with van der Waals surface area (Å²) < 4.78 is 1.47. The molecule has 7 heteroatoms. The van der Waals surface area contributed by atoms with Crippen LogP contribution in [-0.2, 0) is 5.54 Å². The van der Waals surface area contributed by atoms with E-state index in [2.05, 4.69) is 32.2 Å². The molecule has 3 aromatic rings. The lowest BCUT2D eigenvalue weighted by atomic mass is 9.82. The topological polar surface area (TPSA) is 108 Å². The number of hydrogen-bond donors (Lipinski definition) is 2. The van der Waals surface area contributed by atoms with Gasteiger partial charge in [0, 0.05) is 35.6 Å². The van der Waals surface area contributed by atoms with Crippen molar-refractivity contribution in [3.63, 3.8) is 0 Å². The molecular formula is C17H23N7. The summed E-state index contributed by atoms with van der Waals surface area (Å²) in [6, 6.07) is 5.98. The second-order valence-corrected chi connectivity index (χ2v) is 6.65. The van der Waals surface area contributed by atoms with Gasteiger partial charge in [-0.15, -0.1) is 0 Å². The second-order valence-electron chi connectivity index (χ2n) is 6.65. The van der Waals surface area contributed by atoms with Crippen molar-refractivity contribution < 1.29 is 0 Å². The lowest BCUT2D eigenvalue weighted by Gasteiger charge is -2.25. The molecule has 0 aliphatic heterocycles. The summed E-state index contributed by atoms with van der Waals surface area (Å²) in [4.78, 5) is 12.2. The van der Waals surface area contributed by atoms with E-state index in [1.165, 1.54) is 35.8 Å². The summed E-state index contributed by atoms with van der Waals surface area (Å²) in [5.41, 5.74) is 14.2. The van der Waals surface area contributed by atoms with Gasteiger partial charge in [0.05, 0.1) is 0 Å². The number of fused-ring (bicyclic) bond motifs is 1. The van der Waals surface area contributed by atoms with Crippen molar-refractivity contribution in [2.45, 2.75) is 44.6 Å². The van der Waals surface area contributed by atoms with Gasteiger partial charge in [0.1, 0.15) is 6.33 Å². The Hall–Kier alpha value is -2.54. The Morgan fingerprint density at radius 2 is 1.92 bits per heavy atom. The highest BCUT2D eigenvalue weighted by molar-refractivity contribution is 5.39. The third-order valence-electron chi connectivity index (χ3n) is 4.28. The van der Waals surface area contributed by atoms with Crippen molar-refractivity contribution in [1.29, 1.82) is 0 Å². The number of aromatic nitrogens is 5. The molecule has 4 N–H and O–H groups in total. The Morgan fingerprint density at radius 3 is 2.46 bits per heavy atom. The average Bonchev–Trinajstić information content (AvgIpc) is 2.96. The van der Waals surface area contributed by atoms with Crippen molar-refractivity contribution in [1.82, 2.24) is 24.6 Å². The van der Waals surface area contributed by atoms with Gasteiger partial charge in [-0.05, 0) is 38.3 Å². The molecule has 7 nitrogen and oxygen atoms in total. The molecule has 0 aromatic carbocycles. The highest BCUT2D eigenvalue weighted by Crippen LogP contribution is 2.35. The van der Waals surface area contributed by atoms with E-state index < -0.39 is 0 Å². The van der Waals surface area contributed by atoms with Gasteiger partial charge >= 0.3 is 0 Å². The third kappa shape index (κ3) is 3.51. The number of nitrogens with zero attached hydrogens (tertiary/aromatic N) is 5. The minimum Gasteiger partial charge on any atom is -0.368 e. The van der Waals surface area contributed by atoms with Crippen LogP contribution in [-0.4, -0.2) is 24.6 Å². The zero-order chi connectivity index (χ0) is 17.2. The molecule has 0 unspecified atom stereocenters. The Bertz CT molecular complexity index is 798. The van der Waals surface area contributed by atoms with Crippen molar-refractivity contribution in [2.24, 2.45) is 5.73 Å². The lowest BCUT2D eigenvalue weighted by Crippen LogP contribution is -2.28. The largest absolute Gasteiger partial charge is 0.368 e. The molecule has 0 spiro atoms. The molecule has 1 saturated carbocycles. The van der Waals surface area contributed by atoms with Crippen LogP contribution in [0, 0.1) is 0 Å². The minimum absolute atomic E-state index is 0.273. The Kier molecular flexibility index (Phi) is 4.44. The van der Waals surface area contributed by atoms with Gasteiger partial charge in [-0.1, -0.05) is 12.5 Å². The monoisotopic (exact) mass is 325 g/mol. The molecule has 0 bridgehead atoms. The molecule has 3 heterocycles. The van der Waals surface area contributed by atoms with Crippen LogP contribution in [0.3, 0.4) is 0 Å². The van der Waals surface area contributed by atoms with Crippen molar-refractivity contribution in [3.05, 3.63) is 48.2 Å². The summed E-state index contributed by atoms with van der Waals surface area (Å²) in [5, 5.41) is 3.84. The number of rotatable bonds is 2. The highest BCUT2D eigenvalue weighted by Gasteiger charge is 2.21. The summed E-state index contributed by atoms with van der Waals surface area (Å²) in [6.07, 6.45) is 8.92. The number of anilines is 1. The number of nitrogen functional groups attached to an aromatic ring is 1. The summed E-state index contributed by atoms with van der Waals surface area (Å²) >= 11 is 0. The first-order chi connectivity index (χ1) is 11.4. The van der Waals surface area contributed by atoms with Crippen LogP contribution in [0.2, 0.25) is 0 Å². The van der Waals surface area contributed by atoms with Crippen LogP contribution in [0.25, 0.3) is 5.65 Å². The molecule has 0 saturated heterocycles. The van der Waals surface area contributed by atoms with Crippen LogP contribution in [0.5, 0.6) is 0 Å². The van der Waals surface area contributed by atoms with Gasteiger partial charge < -0.3 is 11.5 Å². The third-order valence-corrected chi connectivity index (χ3v) is 4.28. The molecule has 24 heavy (non-hydrogen) atoms. The van der Waals surface area contributed by atoms with Crippen LogP contribution >= 0.6 is 0 Å². The fourth-order valence-corrected chi connectivity index (χ4v) is 2.51. The maximum Gasteiger partial charge on any atom is 0.223 e. The van der Waals surface area contributed by atoms with Crippen molar-refractivity contribution >= 4 is 11.6 Å². The Balaban J connectivity index is 0.000000149. The molecular weight excluding hydrogens is 302 g/mol. The van der Waals surface area contributed by atoms with Crippen LogP contribution in [0.15, 0.2) is 36.9 Å². The van der Waals surface area contributed by atoms with E-state index in [0.717, 1.165) is 5.56 Å². The lowest BCUT2D eigenvalue weighted by molar-refractivity contribution is 0.410. The molecule has 0 radical (unpaired) electrons. The summed E-state index contributed by atoms with van der Waals surface area (Å²) in [7, 11) is 0. The SMILES string of the molecule is CC(C)(N)c1ccc(C2CCC2)nc1.Nc1nccc2ncnn12. The molecule has 0 amide bonds. The maximum absolute atomic E-state index is 5.99. The van der Waals surface area contributed by atoms with Gasteiger partial charge in [0.2, 0.25) is 5.95 Å². The van der Waals surface area contributed by atoms with Gasteiger partial charge in [0.15, 0.2) is 5.65 Å². The Labute approximate surface area is 141 Å². The van der Waals surface area contributed by atoms with Gasteiger partial charge in [-0.2, -0.15) is 9.61 Å². The van der Waals surface area contributed by atoms with E-state index in [4.69, 9.17) is 11.5 Å². The van der Waals surface area contributed by atoms with E-state index in [0.29, 0.717) is 17.5 Å². The summed E-state index contributed by atoms with van der Waals surface area (Å²) in [6.45, 7) is 4.01. The number of nitrogens with two attached hydrogens (primary N) is 2. The average molecular weight is 325 g/mol. The first-order valence-electron chi connectivity index (χ1n) is 8.10. The van der Waals surface area contributed by atoms with E-state index >= 15 is 0 Å². The van der Waals surface area contributed by atoms with Crippen LogP contribution in [0.4, 0.5) is 5.95 Å². The van der Waals surface area contributed by atoms with Gasteiger partial charge in [-0.25, -0.2) is 9.97 Å². The minimum atomic E-state index is -0.273. The van der Waals surface area contributed by atoms with E-state index in [1.54, 1.807) is 12.3 Å². The van der Waals surface area contributed by atoms with E-state index in [9.17, 15) is 0 Å². The zero-order valence-corrected chi connectivity index (χ0v) is 14.1. The van der Waals surface area contributed by atoms with E-state index in [1.807, 2.05) is 20.0 Å².